The maximum absolute atomic E-state index is 10.4. The fourth-order valence-electron chi connectivity index (χ4n) is 1.91. The van der Waals surface area contributed by atoms with E-state index in [-0.39, 0.29) is 0 Å². The van der Waals surface area contributed by atoms with E-state index in [1.807, 2.05) is 43.3 Å². The summed E-state index contributed by atoms with van der Waals surface area (Å²) >= 11 is 0. The fraction of sp³-hybridized carbons (Fsp3) is 0.267. The Labute approximate surface area is 107 Å². The molecule has 0 spiro atoms. The van der Waals surface area contributed by atoms with E-state index in [4.69, 9.17) is 4.74 Å². The molecule has 0 fully saturated rings. The van der Waals surface area contributed by atoms with Gasteiger partial charge in [-0.1, -0.05) is 30.3 Å². The first-order valence-corrected chi connectivity index (χ1v) is 5.89. The molecular weight excluding hydrogens is 226 g/mol. The standard InChI is InChI=1S/C15H17NO2/c1-11-7-8-12(9-16-11)15(17)14-6-4-3-5-13(14)10-18-2/h3-9,15,17H,10H2,1-2H3. The van der Waals surface area contributed by atoms with E-state index < -0.39 is 6.10 Å². The van der Waals surface area contributed by atoms with Gasteiger partial charge in [0.15, 0.2) is 0 Å². The Morgan fingerprint density at radius 2 is 2.00 bits per heavy atom. The number of ether oxygens (including phenoxy) is 1. The van der Waals surface area contributed by atoms with Crippen molar-refractivity contribution < 1.29 is 9.84 Å². The second-order valence-electron chi connectivity index (χ2n) is 4.27. The summed E-state index contributed by atoms with van der Waals surface area (Å²) in [6, 6.07) is 11.5. The van der Waals surface area contributed by atoms with Gasteiger partial charge in [-0.25, -0.2) is 0 Å². The number of hydrogen-bond acceptors (Lipinski definition) is 3. The number of aromatic nitrogens is 1. The number of hydrogen-bond donors (Lipinski definition) is 1. The molecule has 3 heteroatoms. The largest absolute Gasteiger partial charge is 0.384 e. The van der Waals surface area contributed by atoms with E-state index in [9.17, 15) is 5.11 Å². The van der Waals surface area contributed by atoms with Crippen molar-refractivity contribution in [3.8, 4) is 0 Å². The lowest BCUT2D eigenvalue weighted by Gasteiger charge is -2.15. The van der Waals surface area contributed by atoms with Crippen LogP contribution in [0.3, 0.4) is 0 Å². The number of aryl methyl sites for hydroxylation is 1. The highest BCUT2D eigenvalue weighted by Gasteiger charge is 2.14. The quantitative estimate of drug-likeness (QED) is 0.897. The van der Waals surface area contributed by atoms with Crippen LogP contribution in [0.5, 0.6) is 0 Å². The lowest BCUT2D eigenvalue weighted by atomic mass is 9.98. The fourth-order valence-corrected chi connectivity index (χ4v) is 1.91. The molecule has 0 bridgehead atoms. The Morgan fingerprint density at radius 3 is 2.67 bits per heavy atom. The van der Waals surface area contributed by atoms with Crippen molar-refractivity contribution in [3.63, 3.8) is 0 Å². The molecule has 0 aliphatic rings. The van der Waals surface area contributed by atoms with Crippen molar-refractivity contribution in [3.05, 3.63) is 65.0 Å². The summed E-state index contributed by atoms with van der Waals surface area (Å²) in [7, 11) is 1.65. The molecule has 3 nitrogen and oxygen atoms in total. The number of pyridine rings is 1. The molecule has 1 aromatic heterocycles. The van der Waals surface area contributed by atoms with Crippen LogP contribution >= 0.6 is 0 Å². The smallest absolute Gasteiger partial charge is 0.106 e. The predicted molar refractivity (Wildman–Crippen MR) is 70.2 cm³/mol. The molecule has 0 aliphatic carbocycles. The molecule has 1 aromatic carbocycles. The molecule has 1 unspecified atom stereocenters. The first-order valence-electron chi connectivity index (χ1n) is 5.89. The minimum absolute atomic E-state index is 0.493. The highest BCUT2D eigenvalue weighted by atomic mass is 16.5. The van der Waals surface area contributed by atoms with Gasteiger partial charge in [0.25, 0.3) is 0 Å². The van der Waals surface area contributed by atoms with Crippen LogP contribution < -0.4 is 0 Å². The third kappa shape index (κ3) is 2.75. The maximum Gasteiger partial charge on any atom is 0.106 e. The molecule has 0 radical (unpaired) electrons. The number of methoxy groups -OCH3 is 1. The van der Waals surface area contributed by atoms with Gasteiger partial charge >= 0.3 is 0 Å². The van der Waals surface area contributed by atoms with Crippen molar-refractivity contribution in [1.82, 2.24) is 4.98 Å². The van der Waals surface area contributed by atoms with Crippen molar-refractivity contribution >= 4 is 0 Å². The van der Waals surface area contributed by atoms with Crippen molar-refractivity contribution in [1.29, 1.82) is 0 Å². The maximum atomic E-state index is 10.4. The van der Waals surface area contributed by atoms with Gasteiger partial charge in [0, 0.05) is 24.6 Å². The van der Waals surface area contributed by atoms with Crippen LogP contribution in [-0.2, 0) is 11.3 Å². The van der Waals surface area contributed by atoms with Crippen LogP contribution in [0.1, 0.15) is 28.5 Å². The van der Waals surface area contributed by atoms with E-state index in [0.29, 0.717) is 6.61 Å². The highest BCUT2D eigenvalue weighted by molar-refractivity contribution is 5.34. The molecule has 1 N–H and O–H groups in total. The minimum Gasteiger partial charge on any atom is -0.384 e. The highest BCUT2D eigenvalue weighted by Crippen LogP contribution is 2.25. The Hall–Kier alpha value is -1.71. The number of benzene rings is 1. The summed E-state index contributed by atoms with van der Waals surface area (Å²) in [4.78, 5) is 4.21. The van der Waals surface area contributed by atoms with Crippen LogP contribution in [0.2, 0.25) is 0 Å². The Kier molecular flexibility index (Phi) is 4.07. The minimum atomic E-state index is -0.663. The topological polar surface area (TPSA) is 42.4 Å². The average molecular weight is 243 g/mol. The summed E-state index contributed by atoms with van der Waals surface area (Å²) in [5, 5.41) is 10.4. The lowest BCUT2D eigenvalue weighted by Crippen LogP contribution is -2.05. The normalized spacial score (nSPS) is 12.4. The van der Waals surface area contributed by atoms with Crippen molar-refractivity contribution in [2.75, 3.05) is 7.11 Å². The number of rotatable bonds is 4. The average Bonchev–Trinajstić information content (AvgIpc) is 2.40. The third-order valence-corrected chi connectivity index (χ3v) is 2.90. The molecule has 0 aliphatic heterocycles. The molecule has 18 heavy (non-hydrogen) atoms. The lowest BCUT2D eigenvalue weighted by molar-refractivity contribution is 0.176. The molecule has 1 heterocycles. The Morgan fingerprint density at radius 1 is 1.22 bits per heavy atom. The zero-order chi connectivity index (χ0) is 13.0. The first-order chi connectivity index (χ1) is 8.72. The summed E-state index contributed by atoms with van der Waals surface area (Å²) in [6.07, 6.45) is 1.05. The van der Waals surface area contributed by atoms with Gasteiger partial charge in [-0.3, -0.25) is 4.98 Å². The van der Waals surface area contributed by atoms with Crippen molar-refractivity contribution in [2.45, 2.75) is 19.6 Å². The zero-order valence-corrected chi connectivity index (χ0v) is 10.6. The molecular formula is C15H17NO2. The Bertz CT molecular complexity index is 508. The Balaban J connectivity index is 2.33. The molecule has 1 atom stereocenters. The SMILES string of the molecule is COCc1ccccc1C(O)c1ccc(C)nc1. The van der Waals surface area contributed by atoms with Gasteiger partial charge < -0.3 is 9.84 Å². The van der Waals surface area contributed by atoms with Crippen LogP contribution in [-0.4, -0.2) is 17.2 Å². The van der Waals surface area contributed by atoms with Gasteiger partial charge in [-0.2, -0.15) is 0 Å². The van der Waals surface area contributed by atoms with Crippen LogP contribution in [0.25, 0.3) is 0 Å². The summed E-state index contributed by atoms with van der Waals surface area (Å²) < 4.78 is 5.15. The molecule has 2 rings (SSSR count). The zero-order valence-electron chi connectivity index (χ0n) is 10.6. The summed E-state index contributed by atoms with van der Waals surface area (Å²) in [5.74, 6) is 0. The van der Waals surface area contributed by atoms with Crippen LogP contribution in [0, 0.1) is 6.92 Å². The van der Waals surface area contributed by atoms with E-state index >= 15 is 0 Å². The summed E-state index contributed by atoms with van der Waals surface area (Å²) in [6.45, 7) is 2.42. The van der Waals surface area contributed by atoms with E-state index in [2.05, 4.69) is 4.98 Å². The van der Waals surface area contributed by atoms with Gasteiger partial charge in [-0.15, -0.1) is 0 Å². The predicted octanol–water partition coefficient (Wildman–Crippen LogP) is 2.62. The number of aliphatic hydroxyl groups is 1. The second kappa shape index (κ2) is 5.76. The molecule has 0 amide bonds. The number of nitrogens with zero attached hydrogens (tertiary/aromatic N) is 1. The molecule has 0 saturated heterocycles. The first kappa shape index (κ1) is 12.7. The third-order valence-electron chi connectivity index (χ3n) is 2.90. The number of aliphatic hydroxyl groups excluding tert-OH is 1. The molecule has 94 valence electrons. The van der Waals surface area contributed by atoms with Gasteiger partial charge in [0.05, 0.1) is 6.61 Å². The summed E-state index contributed by atoms with van der Waals surface area (Å²) in [5.41, 5.74) is 3.60. The van der Waals surface area contributed by atoms with E-state index in [1.54, 1.807) is 13.3 Å². The molecule has 2 aromatic rings. The van der Waals surface area contributed by atoms with E-state index in [1.165, 1.54) is 0 Å². The van der Waals surface area contributed by atoms with Crippen molar-refractivity contribution in [2.24, 2.45) is 0 Å². The van der Waals surface area contributed by atoms with Gasteiger partial charge in [0.1, 0.15) is 6.10 Å². The second-order valence-corrected chi connectivity index (χ2v) is 4.27. The van der Waals surface area contributed by atoms with Crippen LogP contribution in [0.4, 0.5) is 0 Å². The van der Waals surface area contributed by atoms with Gasteiger partial charge in [-0.05, 0) is 24.1 Å². The molecule has 0 saturated carbocycles. The van der Waals surface area contributed by atoms with E-state index in [0.717, 1.165) is 22.4 Å². The van der Waals surface area contributed by atoms with Crippen LogP contribution in [0.15, 0.2) is 42.6 Å². The monoisotopic (exact) mass is 243 g/mol. The van der Waals surface area contributed by atoms with Gasteiger partial charge in [0.2, 0.25) is 0 Å².